The topological polar surface area (TPSA) is 20.3 Å². The molecule has 0 fully saturated rings. The van der Waals surface area contributed by atoms with Crippen LogP contribution in [0.4, 0.5) is 11.4 Å². The van der Waals surface area contributed by atoms with Gasteiger partial charge in [-0.2, -0.15) is 0 Å². The summed E-state index contributed by atoms with van der Waals surface area (Å²) in [6, 6.07) is 13.6. The van der Waals surface area contributed by atoms with E-state index in [1.807, 2.05) is 55.3 Å². The van der Waals surface area contributed by atoms with Gasteiger partial charge < -0.3 is 4.90 Å². The number of rotatable bonds is 3. The van der Waals surface area contributed by atoms with Gasteiger partial charge in [0.15, 0.2) is 6.29 Å². The maximum atomic E-state index is 11.1. The quantitative estimate of drug-likeness (QED) is 0.769. The summed E-state index contributed by atoms with van der Waals surface area (Å²) >= 11 is 6.03. The van der Waals surface area contributed by atoms with Crippen LogP contribution >= 0.6 is 11.6 Å². The standard InChI is InChI=1S/C15H14ClNO/c1-11-6-8-12(9-7-11)17(2)15-5-3-4-14(16)13(15)10-18/h3-10H,1-2H3. The number of hydrogen-bond acceptors (Lipinski definition) is 2. The molecule has 0 saturated heterocycles. The monoisotopic (exact) mass is 259 g/mol. The molecule has 2 rings (SSSR count). The minimum atomic E-state index is 0.474. The summed E-state index contributed by atoms with van der Waals surface area (Å²) in [7, 11) is 1.92. The predicted molar refractivity (Wildman–Crippen MR) is 76.1 cm³/mol. The molecular formula is C15H14ClNO. The number of halogens is 1. The van der Waals surface area contributed by atoms with E-state index in [1.54, 1.807) is 6.07 Å². The van der Waals surface area contributed by atoms with Crippen LogP contribution < -0.4 is 4.90 Å². The molecule has 0 radical (unpaired) electrons. The second-order valence-electron chi connectivity index (χ2n) is 4.19. The summed E-state index contributed by atoms with van der Waals surface area (Å²) in [5, 5.41) is 0.474. The summed E-state index contributed by atoms with van der Waals surface area (Å²) in [6.07, 6.45) is 0.794. The second-order valence-corrected chi connectivity index (χ2v) is 4.59. The van der Waals surface area contributed by atoms with E-state index < -0.39 is 0 Å². The van der Waals surface area contributed by atoms with Crippen LogP contribution in [0.5, 0.6) is 0 Å². The lowest BCUT2D eigenvalue weighted by atomic mass is 10.1. The summed E-state index contributed by atoms with van der Waals surface area (Å²) in [5.41, 5.74) is 3.54. The van der Waals surface area contributed by atoms with Gasteiger partial charge in [0, 0.05) is 12.7 Å². The molecule has 2 aromatic rings. The average molecular weight is 260 g/mol. The van der Waals surface area contributed by atoms with Gasteiger partial charge in [0.2, 0.25) is 0 Å². The summed E-state index contributed by atoms with van der Waals surface area (Å²) < 4.78 is 0. The Balaban J connectivity index is 2.45. The second kappa shape index (κ2) is 5.23. The lowest BCUT2D eigenvalue weighted by Crippen LogP contribution is -2.11. The number of aryl methyl sites for hydroxylation is 1. The van der Waals surface area contributed by atoms with Gasteiger partial charge in [-0.15, -0.1) is 0 Å². The maximum absolute atomic E-state index is 11.1. The Bertz CT molecular complexity index is 563. The van der Waals surface area contributed by atoms with Crippen LogP contribution in [0, 0.1) is 6.92 Å². The van der Waals surface area contributed by atoms with Crippen LogP contribution in [0.2, 0.25) is 5.02 Å². The third-order valence-electron chi connectivity index (χ3n) is 2.93. The summed E-state index contributed by atoms with van der Waals surface area (Å²) in [5.74, 6) is 0. The molecule has 3 heteroatoms. The smallest absolute Gasteiger partial charge is 0.153 e. The highest BCUT2D eigenvalue weighted by Gasteiger charge is 2.11. The summed E-state index contributed by atoms with van der Waals surface area (Å²) in [6.45, 7) is 2.04. The molecule has 0 aliphatic heterocycles. The molecule has 0 bridgehead atoms. The maximum Gasteiger partial charge on any atom is 0.153 e. The highest BCUT2D eigenvalue weighted by atomic mass is 35.5. The van der Waals surface area contributed by atoms with E-state index in [1.165, 1.54) is 5.56 Å². The molecule has 0 spiro atoms. The zero-order valence-electron chi connectivity index (χ0n) is 10.4. The Morgan fingerprint density at radius 3 is 2.39 bits per heavy atom. The van der Waals surface area contributed by atoms with E-state index in [0.717, 1.165) is 17.7 Å². The Morgan fingerprint density at radius 2 is 1.78 bits per heavy atom. The van der Waals surface area contributed by atoms with Crippen LogP contribution in [0.25, 0.3) is 0 Å². The van der Waals surface area contributed by atoms with Gasteiger partial charge in [0.05, 0.1) is 16.3 Å². The van der Waals surface area contributed by atoms with Crippen molar-refractivity contribution in [3.05, 3.63) is 58.6 Å². The Morgan fingerprint density at radius 1 is 1.11 bits per heavy atom. The lowest BCUT2D eigenvalue weighted by Gasteiger charge is -2.21. The first-order valence-corrected chi connectivity index (χ1v) is 6.05. The molecule has 2 nitrogen and oxygen atoms in total. The van der Waals surface area contributed by atoms with Crippen molar-refractivity contribution >= 4 is 29.3 Å². The largest absolute Gasteiger partial charge is 0.344 e. The van der Waals surface area contributed by atoms with E-state index in [2.05, 4.69) is 0 Å². The molecule has 92 valence electrons. The van der Waals surface area contributed by atoms with Crippen molar-refractivity contribution in [3.63, 3.8) is 0 Å². The molecule has 0 aromatic heterocycles. The van der Waals surface area contributed by atoms with Gasteiger partial charge in [-0.05, 0) is 31.2 Å². The predicted octanol–water partition coefficient (Wildman–Crippen LogP) is 4.23. The van der Waals surface area contributed by atoms with Crippen LogP contribution in [0.3, 0.4) is 0 Å². The van der Waals surface area contributed by atoms with Crippen LogP contribution in [0.1, 0.15) is 15.9 Å². The molecule has 0 aliphatic rings. The van der Waals surface area contributed by atoms with E-state index in [0.29, 0.717) is 10.6 Å². The van der Waals surface area contributed by atoms with Crippen LogP contribution in [0.15, 0.2) is 42.5 Å². The molecule has 0 N–H and O–H groups in total. The lowest BCUT2D eigenvalue weighted by molar-refractivity contribution is 0.112. The van der Waals surface area contributed by atoms with E-state index in [-0.39, 0.29) is 0 Å². The van der Waals surface area contributed by atoms with Crippen molar-refractivity contribution in [2.75, 3.05) is 11.9 Å². The number of hydrogen-bond donors (Lipinski definition) is 0. The molecule has 0 unspecified atom stereocenters. The van der Waals surface area contributed by atoms with Crippen molar-refractivity contribution < 1.29 is 4.79 Å². The highest BCUT2D eigenvalue weighted by molar-refractivity contribution is 6.33. The van der Waals surface area contributed by atoms with Gasteiger partial charge in [0.1, 0.15) is 0 Å². The minimum absolute atomic E-state index is 0.474. The van der Waals surface area contributed by atoms with Gasteiger partial charge >= 0.3 is 0 Å². The van der Waals surface area contributed by atoms with Crippen LogP contribution in [-0.4, -0.2) is 13.3 Å². The van der Waals surface area contributed by atoms with Crippen molar-refractivity contribution in [2.24, 2.45) is 0 Å². The Kier molecular flexibility index (Phi) is 3.68. The van der Waals surface area contributed by atoms with E-state index in [9.17, 15) is 4.79 Å². The summed E-state index contributed by atoms with van der Waals surface area (Å²) in [4.78, 5) is 13.1. The van der Waals surface area contributed by atoms with Gasteiger partial charge in [0.25, 0.3) is 0 Å². The van der Waals surface area contributed by atoms with Gasteiger partial charge in [-0.1, -0.05) is 35.4 Å². The molecule has 0 amide bonds. The van der Waals surface area contributed by atoms with Crippen molar-refractivity contribution in [3.8, 4) is 0 Å². The molecule has 0 saturated carbocycles. The number of anilines is 2. The first-order valence-electron chi connectivity index (χ1n) is 5.67. The number of carbonyl (C=O) groups is 1. The zero-order chi connectivity index (χ0) is 13.1. The van der Waals surface area contributed by atoms with Crippen molar-refractivity contribution in [1.29, 1.82) is 0 Å². The van der Waals surface area contributed by atoms with E-state index in [4.69, 9.17) is 11.6 Å². The van der Waals surface area contributed by atoms with Crippen LogP contribution in [-0.2, 0) is 0 Å². The van der Waals surface area contributed by atoms with Crippen molar-refractivity contribution in [2.45, 2.75) is 6.92 Å². The zero-order valence-corrected chi connectivity index (χ0v) is 11.1. The normalized spacial score (nSPS) is 10.2. The number of aldehydes is 1. The van der Waals surface area contributed by atoms with E-state index >= 15 is 0 Å². The first kappa shape index (κ1) is 12.7. The number of benzene rings is 2. The Hall–Kier alpha value is -1.80. The molecule has 0 heterocycles. The van der Waals surface area contributed by atoms with Gasteiger partial charge in [-0.3, -0.25) is 4.79 Å². The minimum Gasteiger partial charge on any atom is -0.344 e. The molecule has 0 aliphatic carbocycles. The molecule has 0 atom stereocenters. The molecule has 18 heavy (non-hydrogen) atoms. The molecule has 2 aromatic carbocycles. The fourth-order valence-corrected chi connectivity index (χ4v) is 2.06. The number of nitrogens with zero attached hydrogens (tertiary/aromatic N) is 1. The Labute approximate surface area is 112 Å². The van der Waals surface area contributed by atoms with Gasteiger partial charge in [-0.25, -0.2) is 0 Å². The highest BCUT2D eigenvalue weighted by Crippen LogP contribution is 2.30. The average Bonchev–Trinajstić information content (AvgIpc) is 2.38. The fraction of sp³-hybridized carbons (Fsp3) is 0.133. The first-order chi connectivity index (χ1) is 8.63. The fourth-order valence-electron chi connectivity index (χ4n) is 1.84. The SMILES string of the molecule is Cc1ccc(N(C)c2cccc(Cl)c2C=O)cc1. The van der Waals surface area contributed by atoms with Crippen molar-refractivity contribution in [1.82, 2.24) is 0 Å². The molecular weight excluding hydrogens is 246 g/mol. The third kappa shape index (κ3) is 2.39. The third-order valence-corrected chi connectivity index (χ3v) is 3.26. The number of carbonyl (C=O) groups excluding carboxylic acids is 1.